The maximum absolute atomic E-state index is 6.35. The van der Waals surface area contributed by atoms with Gasteiger partial charge in [-0.1, -0.05) is 60.7 Å². The van der Waals surface area contributed by atoms with E-state index in [9.17, 15) is 0 Å². The molecule has 4 heteroatoms. The van der Waals surface area contributed by atoms with Crippen molar-refractivity contribution in [2.45, 2.75) is 25.6 Å². The molecule has 1 aliphatic carbocycles. The van der Waals surface area contributed by atoms with Gasteiger partial charge in [0.15, 0.2) is 0 Å². The molecule has 0 bridgehead atoms. The third-order valence-corrected chi connectivity index (χ3v) is 5.85. The fourth-order valence-electron chi connectivity index (χ4n) is 4.37. The first-order valence-electron chi connectivity index (χ1n) is 9.97. The Hall–Kier alpha value is -3.37. The second kappa shape index (κ2) is 6.61. The minimum Gasteiger partial charge on any atom is -0.432 e. The highest BCUT2D eigenvalue weighted by Gasteiger charge is 2.23. The van der Waals surface area contributed by atoms with Crippen LogP contribution in [0.5, 0.6) is 0 Å². The Kier molecular flexibility index (Phi) is 3.77. The summed E-state index contributed by atoms with van der Waals surface area (Å²) in [6, 6.07) is 23.4. The fourth-order valence-corrected chi connectivity index (χ4v) is 4.37. The lowest BCUT2D eigenvalue weighted by molar-refractivity contribution is 0.0459. The van der Waals surface area contributed by atoms with Crippen LogP contribution in [0.4, 0.5) is 0 Å². The Morgan fingerprint density at radius 3 is 2.52 bits per heavy atom. The van der Waals surface area contributed by atoms with Crippen LogP contribution < -0.4 is 0 Å². The number of nitrogens with zero attached hydrogens (tertiary/aromatic N) is 2. The SMILES string of the molecule is c1ccc2c(c1)CC(OCc1c(-c3ccc4ccccc4c3)nc3occn13)C2. The average Bonchev–Trinajstić information content (AvgIpc) is 3.46. The molecule has 0 saturated carbocycles. The van der Waals surface area contributed by atoms with Gasteiger partial charge in [-0.05, 0) is 40.8 Å². The molecule has 0 radical (unpaired) electrons. The van der Waals surface area contributed by atoms with Crippen LogP contribution in [0.25, 0.3) is 27.9 Å². The summed E-state index contributed by atoms with van der Waals surface area (Å²) in [6.45, 7) is 0.502. The van der Waals surface area contributed by atoms with Crippen LogP contribution in [0.2, 0.25) is 0 Å². The van der Waals surface area contributed by atoms with E-state index < -0.39 is 0 Å². The molecule has 5 aromatic rings. The van der Waals surface area contributed by atoms with Crippen molar-refractivity contribution in [3.05, 3.63) is 96.0 Å². The van der Waals surface area contributed by atoms with E-state index in [0.29, 0.717) is 12.5 Å². The lowest BCUT2D eigenvalue weighted by Crippen LogP contribution is -2.13. The van der Waals surface area contributed by atoms with Crippen molar-refractivity contribution in [1.82, 2.24) is 9.38 Å². The molecule has 0 saturated heterocycles. The lowest BCUT2D eigenvalue weighted by atomic mass is 10.0. The van der Waals surface area contributed by atoms with Crippen LogP contribution in [0.3, 0.4) is 0 Å². The number of rotatable bonds is 4. The molecule has 3 aromatic carbocycles. The Morgan fingerprint density at radius 2 is 1.69 bits per heavy atom. The molecule has 6 rings (SSSR count). The molecule has 2 heterocycles. The minimum atomic E-state index is 0.203. The van der Waals surface area contributed by atoms with Crippen molar-refractivity contribution in [2.75, 3.05) is 0 Å². The van der Waals surface area contributed by atoms with E-state index in [1.165, 1.54) is 21.9 Å². The van der Waals surface area contributed by atoms with Gasteiger partial charge in [-0.15, -0.1) is 0 Å². The Morgan fingerprint density at radius 1 is 0.931 bits per heavy atom. The van der Waals surface area contributed by atoms with Crippen LogP contribution in [0.15, 0.2) is 83.6 Å². The van der Waals surface area contributed by atoms with Gasteiger partial charge in [-0.25, -0.2) is 0 Å². The Bertz CT molecular complexity index is 1310. The van der Waals surface area contributed by atoms with E-state index in [1.54, 1.807) is 6.26 Å². The lowest BCUT2D eigenvalue weighted by Gasteiger charge is -2.12. The van der Waals surface area contributed by atoms with Crippen molar-refractivity contribution in [1.29, 1.82) is 0 Å². The molecule has 0 aliphatic heterocycles. The largest absolute Gasteiger partial charge is 0.432 e. The third kappa shape index (κ3) is 2.84. The highest BCUT2D eigenvalue weighted by molar-refractivity contribution is 5.87. The molecular formula is C25H20N2O2. The summed E-state index contributed by atoms with van der Waals surface area (Å²) in [4.78, 5) is 4.75. The van der Waals surface area contributed by atoms with Crippen molar-refractivity contribution in [2.24, 2.45) is 0 Å². The number of fused-ring (bicyclic) bond motifs is 3. The topological polar surface area (TPSA) is 39.7 Å². The predicted octanol–water partition coefficient (Wildman–Crippen LogP) is 5.43. The zero-order valence-electron chi connectivity index (χ0n) is 15.9. The zero-order chi connectivity index (χ0) is 19.2. The van der Waals surface area contributed by atoms with Gasteiger partial charge in [0.2, 0.25) is 0 Å². The van der Waals surface area contributed by atoms with Gasteiger partial charge in [0.1, 0.15) is 6.26 Å². The summed E-state index contributed by atoms with van der Waals surface area (Å²) >= 11 is 0. The monoisotopic (exact) mass is 380 g/mol. The summed E-state index contributed by atoms with van der Waals surface area (Å²) in [5, 5.41) is 2.42. The number of benzene rings is 3. The zero-order valence-corrected chi connectivity index (χ0v) is 15.9. The standard InChI is InChI=1S/C25H20N2O2/c1-2-6-18-13-21(10-9-17(18)5-1)24-23(27-11-12-28-25(27)26-24)16-29-22-14-19-7-3-4-8-20(19)15-22/h1-13,22H,14-16H2. The molecule has 0 fully saturated rings. The predicted molar refractivity (Wildman–Crippen MR) is 113 cm³/mol. The minimum absolute atomic E-state index is 0.203. The second-order valence-electron chi connectivity index (χ2n) is 7.63. The van der Waals surface area contributed by atoms with Gasteiger partial charge in [0, 0.05) is 11.8 Å². The summed E-state index contributed by atoms with van der Waals surface area (Å²) in [5.74, 6) is 0.599. The molecule has 29 heavy (non-hydrogen) atoms. The maximum Gasteiger partial charge on any atom is 0.306 e. The Balaban J connectivity index is 1.33. The van der Waals surface area contributed by atoms with E-state index in [1.807, 2.05) is 10.6 Å². The number of hydrogen-bond donors (Lipinski definition) is 0. The van der Waals surface area contributed by atoms with E-state index >= 15 is 0 Å². The molecule has 0 atom stereocenters. The molecule has 0 spiro atoms. The summed E-state index contributed by atoms with van der Waals surface area (Å²) in [6.07, 6.45) is 5.72. The molecule has 1 aliphatic rings. The number of imidazole rings is 1. The molecule has 0 unspecified atom stereocenters. The second-order valence-corrected chi connectivity index (χ2v) is 7.63. The molecule has 142 valence electrons. The van der Waals surface area contributed by atoms with Crippen LogP contribution in [-0.4, -0.2) is 15.5 Å². The van der Waals surface area contributed by atoms with Crippen molar-refractivity contribution < 1.29 is 9.15 Å². The van der Waals surface area contributed by atoms with Crippen LogP contribution in [0, 0.1) is 0 Å². The fraction of sp³-hybridized carbons (Fsp3) is 0.160. The van der Waals surface area contributed by atoms with E-state index in [0.717, 1.165) is 29.8 Å². The van der Waals surface area contributed by atoms with E-state index in [4.69, 9.17) is 14.1 Å². The van der Waals surface area contributed by atoms with Crippen LogP contribution >= 0.6 is 0 Å². The summed E-state index contributed by atoms with van der Waals surface area (Å²) in [5.41, 5.74) is 5.82. The molecule has 0 N–H and O–H groups in total. The smallest absolute Gasteiger partial charge is 0.306 e. The van der Waals surface area contributed by atoms with Crippen molar-refractivity contribution in [3.63, 3.8) is 0 Å². The van der Waals surface area contributed by atoms with Gasteiger partial charge in [0.05, 0.1) is 24.1 Å². The van der Waals surface area contributed by atoms with Crippen LogP contribution in [0.1, 0.15) is 16.8 Å². The molecule has 4 nitrogen and oxygen atoms in total. The molecule has 2 aromatic heterocycles. The van der Waals surface area contributed by atoms with Gasteiger partial charge >= 0.3 is 5.84 Å². The summed E-state index contributed by atoms with van der Waals surface area (Å²) in [7, 11) is 0. The highest BCUT2D eigenvalue weighted by Crippen LogP contribution is 2.30. The van der Waals surface area contributed by atoms with Gasteiger partial charge in [0.25, 0.3) is 0 Å². The van der Waals surface area contributed by atoms with Crippen molar-refractivity contribution >= 4 is 16.6 Å². The van der Waals surface area contributed by atoms with Gasteiger partial charge in [-0.2, -0.15) is 4.98 Å². The number of hydrogen-bond acceptors (Lipinski definition) is 3. The number of aromatic nitrogens is 2. The first kappa shape index (κ1) is 16.6. The van der Waals surface area contributed by atoms with Crippen molar-refractivity contribution in [3.8, 4) is 11.3 Å². The third-order valence-electron chi connectivity index (χ3n) is 5.85. The van der Waals surface area contributed by atoms with E-state index in [-0.39, 0.29) is 6.10 Å². The van der Waals surface area contributed by atoms with Gasteiger partial charge in [-0.3, -0.25) is 4.40 Å². The summed E-state index contributed by atoms with van der Waals surface area (Å²) < 4.78 is 13.9. The number of ether oxygens (including phenoxy) is 1. The quantitative estimate of drug-likeness (QED) is 0.417. The van der Waals surface area contributed by atoms with Gasteiger partial charge < -0.3 is 9.15 Å². The molecule has 0 amide bonds. The van der Waals surface area contributed by atoms with E-state index in [2.05, 4.69) is 66.7 Å². The first-order valence-corrected chi connectivity index (χ1v) is 9.97. The van der Waals surface area contributed by atoms with Crippen LogP contribution in [-0.2, 0) is 24.2 Å². The normalized spacial score (nSPS) is 14.1. The average molecular weight is 380 g/mol. The molecular weight excluding hydrogens is 360 g/mol. The first-order chi connectivity index (χ1) is 14.3. The number of oxazole rings is 1. The Labute approximate surface area is 168 Å². The highest BCUT2D eigenvalue weighted by atomic mass is 16.5. The maximum atomic E-state index is 6.35.